The van der Waals surface area contributed by atoms with Gasteiger partial charge in [0.15, 0.2) is 6.10 Å². The fraction of sp³-hybridized carbons (Fsp3) is 0.417. The molecule has 0 fully saturated rings. The number of hydrogen-bond donors (Lipinski definition) is 2. The quantitative estimate of drug-likeness (QED) is 0.348. The Balaban J connectivity index is 3.15. The molecule has 8 heteroatoms. The van der Waals surface area contributed by atoms with E-state index in [9.17, 15) is 14.9 Å². The molecule has 0 bridgehead atoms. The number of benzene rings is 1. The van der Waals surface area contributed by atoms with Gasteiger partial charge >= 0.3 is 5.69 Å². The fourth-order valence-electron chi connectivity index (χ4n) is 1.58. The number of nitro benzene ring substituents is 1. The Morgan fingerprint density at radius 1 is 1.45 bits per heavy atom. The van der Waals surface area contributed by atoms with Crippen LogP contribution in [-0.2, 0) is 4.79 Å². The molecule has 0 saturated heterocycles. The zero-order valence-corrected chi connectivity index (χ0v) is 11.5. The van der Waals surface area contributed by atoms with Crippen LogP contribution in [0.2, 0.25) is 0 Å². The number of carbonyl (C=O) groups is 1. The Kier molecular flexibility index (Phi) is 5.27. The molecule has 1 unspecified atom stereocenters. The Hall–Kier alpha value is -2.35. The molecule has 20 heavy (non-hydrogen) atoms. The summed E-state index contributed by atoms with van der Waals surface area (Å²) in [5, 5.41) is 11.0. The van der Waals surface area contributed by atoms with Gasteiger partial charge in [-0.2, -0.15) is 0 Å². The van der Waals surface area contributed by atoms with Gasteiger partial charge in [0.25, 0.3) is 5.91 Å². The molecule has 8 nitrogen and oxygen atoms in total. The summed E-state index contributed by atoms with van der Waals surface area (Å²) in [4.78, 5) is 22.0. The van der Waals surface area contributed by atoms with E-state index in [1.54, 1.807) is 13.8 Å². The van der Waals surface area contributed by atoms with Gasteiger partial charge in [0.2, 0.25) is 5.75 Å². The molecule has 1 rings (SSSR count). The van der Waals surface area contributed by atoms with E-state index in [-0.39, 0.29) is 17.4 Å². The molecule has 1 amide bonds. The van der Waals surface area contributed by atoms with Crippen molar-refractivity contribution < 1.29 is 19.2 Å². The minimum absolute atomic E-state index is 0.0448. The van der Waals surface area contributed by atoms with Crippen molar-refractivity contribution >= 4 is 11.6 Å². The average Bonchev–Trinajstić information content (AvgIpc) is 2.42. The molecule has 0 aromatic heterocycles. The van der Waals surface area contributed by atoms with Crippen molar-refractivity contribution in [3.63, 3.8) is 0 Å². The van der Waals surface area contributed by atoms with Crippen molar-refractivity contribution in [2.24, 2.45) is 11.8 Å². The number of nitro groups is 1. The molecule has 0 radical (unpaired) electrons. The number of rotatable bonds is 6. The first-order valence-corrected chi connectivity index (χ1v) is 5.90. The van der Waals surface area contributed by atoms with Crippen LogP contribution in [0.15, 0.2) is 18.2 Å². The van der Waals surface area contributed by atoms with Gasteiger partial charge in [-0.1, -0.05) is 13.8 Å². The maximum absolute atomic E-state index is 11.6. The normalized spacial score (nSPS) is 11.8. The summed E-state index contributed by atoms with van der Waals surface area (Å²) in [5.74, 6) is 4.65. The summed E-state index contributed by atoms with van der Waals surface area (Å²) in [6, 6.07) is 4.06. The van der Waals surface area contributed by atoms with E-state index in [4.69, 9.17) is 15.3 Å². The topological polar surface area (TPSA) is 117 Å². The van der Waals surface area contributed by atoms with Crippen molar-refractivity contribution in [2.45, 2.75) is 20.0 Å². The SMILES string of the molecule is COc1ccc([N+](=O)[O-])c(OC(C(=O)NN)C(C)C)c1. The Morgan fingerprint density at radius 2 is 2.10 bits per heavy atom. The number of hydrazine groups is 1. The minimum atomic E-state index is -0.939. The highest BCUT2D eigenvalue weighted by atomic mass is 16.6. The number of nitrogens with one attached hydrogen (secondary N) is 1. The number of nitrogens with two attached hydrogens (primary N) is 1. The molecule has 0 aliphatic carbocycles. The largest absolute Gasteiger partial charge is 0.497 e. The van der Waals surface area contributed by atoms with Gasteiger partial charge in [-0.25, -0.2) is 5.84 Å². The summed E-state index contributed by atoms with van der Waals surface area (Å²) < 4.78 is 10.4. The van der Waals surface area contributed by atoms with Crippen LogP contribution in [0.4, 0.5) is 5.69 Å². The Bertz CT molecular complexity index is 504. The van der Waals surface area contributed by atoms with Crippen LogP contribution in [0.1, 0.15) is 13.8 Å². The molecule has 3 N–H and O–H groups in total. The third kappa shape index (κ3) is 3.58. The van der Waals surface area contributed by atoms with Gasteiger partial charge in [0.1, 0.15) is 5.75 Å². The summed E-state index contributed by atoms with van der Waals surface area (Å²) in [6.07, 6.45) is -0.939. The molecule has 1 aromatic carbocycles. The molecular weight excluding hydrogens is 266 g/mol. The highest BCUT2D eigenvalue weighted by Gasteiger charge is 2.27. The summed E-state index contributed by atoms with van der Waals surface area (Å²) in [7, 11) is 1.43. The molecule has 110 valence electrons. The predicted octanol–water partition coefficient (Wildman–Crippen LogP) is 0.997. The monoisotopic (exact) mass is 283 g/mol. The van der Waals surface area contributed by atoms with Crippen LogP contribution in [-0.4, -0.2) is 24.0 Å². The highest BCUT2D eigenvalue weighted by molar-refractivity contribution is 5.81. The molecule has 0 heterocycles. The van der Waals surface area contributed by atoms with Crippen molar-refractivity contribution in [3.05, 3.63) is 28.3 Å². The molecule has 1 aromatic rings. The third-order valence-electron chi connectivity index (χ3n) is 2.62. The lowest BCUT2D eigenvalue weighted by atomic mass is 10.1. The van der Waals surface area contributed by atoms with Gasteiger partial charge in [-0.15, -0.1) is 0 Å². The first-order chi connectivity index (χ1) is 9.40. The van der Waals surface area contributed by atoms with E-state index in [2.05, 4.69) is 0 Å². The number of carbonyl (C=O) groups excluding carboxylic acids is 1. The number of hydrogen-bond acceptors (Lipinski definition) is 6. The van der Waals surface area contributed by atoms with Crippen LogP contribution < -0.4 is 20.7 Å². The number of methoxy groups -OCH3 is 1. The first kappa shape index (κ1) is 15.7. The van der Waals surface area contributed by atoms with Gasteiger partial charge in [-0.3, -0.25) is 20.3 Å². The average molecular weight is 283 g/mol. The summed E-state index contributed by atoms with van der Waals surface area (Å²) in [6.45, 7) is 3.48. The maximum atomic E-state index is 11.6. The summed E-state index contributed by atoms with van der Waals surface area (Å²) >= 11 is 0. The molecule has 0 aliphatic rings. The maximum Gasteiger partial charge on any atom is 0.311 e. The van der Waals surface area contributed by atoms with Crippen molar-refractivity contribution in [1.82, 2.24) is 5.43 Å². The van der Waals surface area contributed by atoms with Gasteiger partial charge < -0.3 is 9.47 Å². The van der Waals surface area contributed by atoms with Crippen LogP contribution in [0.3, 0.4) is 0 Å². The minimum Gasteiger partial charge on any atom is -0.497 e. The lowest BCUT2D eigenvalue weighted by Crippen LogP contribution is -2.44. The molecule has 0 spiro atoms. The molecule has 0 aliphatic heterocycles. The van der Waals surface area contributed by atoms with Crippen molar-refractivity contribution in [2.75, 3.05) is 7.11 Å². The van der Waals surface area contributed by atoms with E-state index < -0.39 is 16.9 Å². The van der Waals surface area contributed by atoms with E-state index in [1.165, 1.54) is 25.3 Å². The number of ether oxygens (including phenoxy) is 2. The molecular formula is C12H17N3O5. The number of amides is 1. The number of nitrogens with zero attached hydrogens (tertiary/aromatic N) is 1. The molecule has 1 atom stereocenters. The van der Waals surface area contributed by atoms with Crippen molar-refractivity contribution in [1.29, 1.82) is 0 Å². The van der Waals surface area contributed by atoms with Gasteiger partial charge in [-0.05, 0) is 12.0 Å². The lowest BCUT2D eigenvalue weighted by Gasteiger charge is -2.20. The van der Waals surface area contributed by atoms with Crippen LogP contribution in [0.5, 0.6) is 11.5 Å². The zero-order valence-electron chi connectivity index (χ0n) is 11.5. The van der Waals surface area contributed by atoms with Crippen molar-refractivity contribution in [3.8, 4) is 11.5 Å². The van der Waals surface area contributed by atoms with E-state index in [0.717, 1.165) is 0 Å². The van der Waals surface area contributed by atoms with E-state index in [0.29, 0.717) is 5.75 Å². The van der Waals surface area contributed by atoms with E-state index in [1.807, 2.05) is 5.43 Å². The summed E-state index contributed by atoms with van der Waals surface area (Å²) in [5.41, 5.74) is 1.73. The fourth-order valence-corrected chi connectivity index (χ4v) is 1.58. The molecule has 0 saturated carbocycles. The zero-order chi connectivity index (χ0) is 15.3. The smallest absolute Gasteiger partial charge is 0.311 e. The Labute approximate surface area is 116 Å². The Morgan fingerprint density at radius 3 is 2.55 bits per heavy atom. The second-order valence-electron chi connectivity index (χ2n) is 4.38. The second-order valence-corrected chi connectivity index (χ2v) is 4.38. The van der Waals surface area contributed by atoms with Crippen LogP contribution in [0.25, 0.3) is 0 Å². The van der Waals surface area contributed by atoms with Gasteiger partial charge in [0.05, 0.1) is 12.0 Å². The van der Waals surface area contributed by atoms with Crippen LogP contribution in [0, 0.1) is 16.0 Å². The standard InChI is InChI=1S/C12H17N3O5/c1-7(2)11(12(16)14-13)20-10-6-8(19-3)4-5-9(10)15(17)18/h4-7,11H,13H2,1-3H3,(H,14,16). The predicted molar refractivity (Wildman–Crippen MR) is 71.2 cm³/mol. The van der Waals surface area contributed by atoms with Crippen LogP contribution >= 0.6 is 0 Å². The van der Waals surface area contributed by atoms with Gasteiger partial charge in [0, 0.05) is 12.1 Å². The lowest BCUT2D eigenvalue weighted by molar-refractivity contribution is -0.386. The third-order valence-corrected chi connectivity index (χ3v) is 2.62. The highest BCUT2D eigenvalue weighted by Crippen LogP contribution is 2.32. The second kappa shape index (κ2) is 6.71. The van der Waals surface area contributed by atoms with E-state index >= 15 is 0 Å². The first-order valence-electron chi connectivity index (χ1n) is 5.90.